The summed E-state index contributed by atoms with van der Waals surface area (Å²) in [5.41, 5.74) is 2.09. The molecule has 0 bridgehead atoms. The maximum absolute atomic E-state index is 12.4. The van der Waals surface area contributed by atoms with Crippen molar-refractivity contribution in [3.05, 3.63) is 95.2 Å². The number of allylic oxidation sites excluding steroid dienone is 3. The summed E-state index contributed by atoms with van der Waals surface area (Å²) in [4.78, 5) is 18.5. The van der Waals surface area contributed by atoms with Gasteiger partial charge in [-0.3, -0.25) is 13.7 Å². The van der Waals surface area contributed by atoms with Gasteiger partial charge in [0.1, 0.15) is 18.9 Å². The molecule has 0 saturated heterocycles. The maximum Gasteiger partial charge on any atom is 0.335 e. The first-order chi connectivity index (χ1) is 32.1. The first-order valence-corrected chi connectivity index (χ1v) is 26.1. The lowest BCUT2D eigenvalue weighted by Crippen LogP contribution is -2.41. The lowest BCUT2D eigenvalue weighted by molar-refractivity contribution is -0.146. The Morgan fingerprint density at radius 2 is 1.51 bits per heavy atom. The van der Waals surface area contributed by atoms with Crippen molar-refractivity contribution < 1.29 is 82.1 Å². The van der Waals surface area contributed by atoms with E-state index in [1.807, 2.05) is 53.7 Å². The average Bonchev–Trinajstić information content (AvgIpc) is 3.70. The van der Waals surface area contributed by atoms with Crippen molar-refractivity contribution in [2.24, 2.45) is 0 Å². The molecule has 2 unspecified atom stereocenters. The number of fused-ring (bicyclic) bond motifs is 2. The van der Waals surface area contributed by atoms with Crippen molar-refractivity contribution in [2.45, 2.75) is 55.9 Å². The number of anilines is 1. The quantitative estimate of drug-likeness (QED) is 0.0325. The minimum atomic E-state index is -4.65. The van der Waals surface area contributed by atoms with E-state index in [0.717, 1.165) is 28.6 Å². The third-order valence-corrected chi connectivity index (χ3v) is 13.5. The van der Waals surface area contributed by atoms with Gasteiger partial charge >= 0.3 is 5.97 Å². The summed E-state index contributed by atoms with van der Waals surface area (Å²) in [5.74, 6) is -2.16. The summed E-state index contributed by atoms with van der Waals surface area (Å²) in [6.45, 7) is 5.60. The van der Waals surface area contributed by atoms with E-state index in [1.54, 1.807) is 25.3 Å². The highest BCUT2D eigenvalue weighted by Gasteiger charge is 2.44. The van der Waals surface area contributed by atoms with Crippen LogP contribution in [0.15, 0.2) is 88.0 Å². The normalized spacial score (nSPS) is 17.0. The number of aromatic hydroxyl groups is 2. The Balaban J connectivity index is 1.41. The van der Waals surface area contributed by atoms with E-state index in [1.165, 1.54) is 18.4 Å². The molecule has 2 aromatic rings. The third-order valence-electron chi connectivity index (χ3n) is 11.1. The van der Waals surface area contributed by atoms with Gasteiger partial charge in [-0.2, -0.15) is 25.3 Å². The number of aromatic nitrogens is 1. The van der Waals surface area contributed by atoms with E-state index in [2.05, 4.69) is 0 Å². The summed E-state index contributed by atoms with van der Waals surface area (Å²) < 4.78 is 131. The lowest BCUT2D eigenvalue weighted by atomic mass is 9.77. The Kier molecular flexibility index (Phi) is 18.9. The van der Waals surface area contributed by atoms with Crippen LogP contribution < -0.4 is 19.7 Å². The minimum Gasteiger partial charge on any atom is -0.492 e. The molecule has 21 nitrogen and oxygen atoms in total. The van der Waals surface area contributed by atoms with Crippen molar-refractivity contribution in [1.82, 2.24) is 9.31 Å². The van der Waals surface area contributed by atoms with Crippen LogP contribution in [-0.4, -0.2) is 144 Å². The number of hydrogen-bond donors (Lipinski definition) is 5. The highest BCUT2D eigenvalue weighted by Crippen LogP contribution is 2.51. The summed E-state index contributed by atoms with van der Waals surface area (Å²) in [6, 6.07) is 13.5. The third kappa shape index (κ3) is 15.2. The van der Waals surface area contributed by atoms with E-state index in [9.17, 15) is 53.9 Å². The van der Waals surface area contributed by atoms with Crippen LogP contribution in [0.4, 0.5) is 5.69 Å². The van der Waals surface area contributed by atoms with Crippen LogP contribution in [0.3, 0.4) is 0 Å². The molecular formula is C44H58N3O18S3+. The predicted molar refractivity (Wildman–Crippen MR) is 248 cm³/mol. The molecular weight excluding hydrogens is 955 g/mol. The zero-order valence-corrected chi connectivity index (χ0v) is 40.2. The molecule has 0 radical (unpaired) electrons. The Morgan fingerprint density at radius 3 is 2.19 bits per heavy atom. The Hall–Kier alpha value is -5.15. The molecule has 2 atom stereocenters. The highest BCUT2D eigenvalue weighted by atomic mass is 32.2. The van der Waals surface area contributed by atoms with Crippen molar-refractivity contribution in [1.29, 1.82) is 0 Å². The molecule has 1 aromatic heterocycles. The molecule has 3 aliphatic rings. The van der Waals surface area contributed by atoms with Crippen LogP contribution in [0.5, 0.6) is 11.8 Å². The van der Waals surface area contributed by atoms with E-state index in [4.69, 9.17) is 28.2 Å². The van der Waals surface area contributed by atoms with Crippen LogP contribution in [0.2, 0.25) is 0 Å². The van der Waals surface area contributed by atoms with Gasteiger partial charge in [-0.25, -0.2) is 9.37 Å². The molecule has 0 spiro atoms. The number of hydrogen-bond acceptors (Lipinski definition) is 16. The number of rotatable bonds is 27. The summed E-state index contributed by atoms with van der Waals surface area (Å²) in [5, 5.41) is 20.0. The van der Waals surface area contributed by atoms with E-state index in [-0.39, 0.29) is 76.1 Å². The van der Waals surface area contributed by atoms with Gasteiger partial charge in [0.05, 0.1) is 74.8 Å². The van der Waals surface area contributed by atoms with Crippen LogP contribution in [0, 0.1) is 0 Å². The number of ether oxygens (including phenoxy) is 4. The second-order valence-electron chi connectivity index (χ2n) is 16.0. The average molecular weight is 1010 g/mol. The smallest absolute Gasteiger partial charge is 0.335 e. The van der Waals surface area contributed by atoms with Crippen molar-refractivity contribution >= 4 is 48.1 Å². The van der Waals surface area contributed by atoms with Crippen molar-refractivity contribution in [3.8, 4) is 23.1 Å². The van der Waals surface area contributed by atoms with Crippen molar-refractivity contribution in [2.75, 3.05) is 82.9 Å². The summed E-state index contributed by atoms with van der Waals surface area (Å²) in [6.07, 6.45) is 7.02. The molecule has 0 amide bonds. The van der Waals surface area contributed by atoms with Gasteiger partial charge in [0, 0.05) is 60.6 Å². The molecule has 0 saturated carbocycles. The maximum atomic E-state index is 12.4. The van der Waals surface area contributed by atoms with Crippen molar-refractivity contribution in [3.63, 3.8) is 0 Å². The fourth-order valence-electron chi connectivity index (χ4n) is 7.77. The van der Waals surface area contributed by atoms with E-state index in [0.29, 0.717) is 47.3 Å². The van der Waals surface area contributed by atoms with Gasteiger partial charge in [0.15, 0.2) is 6.04 Å². The first-order valence-electron chi connectivity index (χ1n) is 21.4. The number of benzene rings is 2. The summed E-state index contributed by atoms with van der Waals surface area (Å²) >= 11 is 0. The number of carbonyl (C=O) groups is 1. The zero-order chi connectivity index (χ0) is 49.7. The van der Waals surface area contributed by atoms with Gasteiger partial charge in [-0.05, 0) is 74.2 Å². The molecule has 5 rings (SSSR count). The molecule has 1 aliphatic carbocycles. The minimum absolute atomic E-state index is 0.00715. The standard InChI is InChI=1S/C44H57N3O18S3/c1-32(31-63-24-23-60-3)45(18-6-28-67(54,55)56)34-9-11-36-33(15-21-64-39(36)29-34)7-4-8-40-44(2,17-5-27-66(51,52)53)37-30-35(68(57,58)59)10-12-38(37)46(40)19-22-62-26-25-61-20-16-43(50)65-47-41(48)13-14-42(47)49/h4,7-15,21,29-30,32H,5-6,16-20,22-28,31H2,1-3H3,(H4-,48,49,51,52,53,54,55,56,57,58,59)/p+1. The second kappa shape index (κ2) is 23.9. The topological polar surface area (TPSA) is 291 Å². The second-order valence-corrected chi connectivity index (χ2v) is 20.6. The predicted octanol–water partition coefficient (Wildman–Crippen LogP) is 3.37. The van der Waals surface area contributed by atoms with Gasteiger partial charge < -0.3 is 43.3 Å². The monoisotopic (exact) mass is 1010 g/mol. The Morgan fingerprint density at radius 1 is 0.838 bits per heavy atom. The zero-order valence-electron chi connectivity index (χ0n) is 37.8. The number of carbonyl (C=O) groups excluding carboxylic acids is 1. The van der Waals surface area contributed by atoms with Gasteiger partial charge in [0.2, 0.25) is 17.1 Å². The number of nitrogens with zero attached hydrogens (tertiary/aromatic N) is 3. The fourth-order valence-corrected chi connectivity index (χ4v) is 9.28. The SMILES string of the molecule is COCCOCC(C)[N+](CCCS(=O)(=O)O)=c1ccc2c(C=CC=C3N(CCOCCOCCC(=O)On4c(O)ccc4O)c4ccc(S(=O)(=O)O)cc4C3(C)CCCS(=O)(=O)O)ccoc-2c1. The highest BCUT2D eigenvalue weighted by molar-refractivity contribution is 7.86. The summed E-state index contributed by atoms with van der Waals surface area (Å²) in [7, 11) is -11.6. The van der Waals surface area contributed by atoms with Gasteiger partial charge in [-0.15, -0.1) is 4.73 Å². The molecule has 2 aliphatic heterocycles. The largest absolute Gasteiger partial charge is 0.492 e. The first kappa shape index (κ1) is 53.8. The van der Waals surface area contributed by atoms with Crippen LogP contribution in [-0.2, 0) is 59.5 Å². The molecule has 68 heavy (non-hydrogen) atoms. The van der Waals surface area contributed by atoms with E-state index >= 15 is 0 Å². The molecule has 0 fully saturated rings. The van der Waals surface area contributed by atoms with Crippen LogP contribution in [0.1, 0.15) is 50.7 Å². The Bertz CT molecular complexity index is 2780. The van der Waals surface area contributed by atoms with Crippen LogP contribution in [0.25, 0.3) is 17.4 Å². The molecule has 1 aromatic carbocycles. The Labute approximate surface area is 395 Å². The van der Waals surface area contributed by atoms with Gasteiger partial charge in [0.25, 0.3) is 30.4 Å². The molecule has 3 heterocycles. The van der Waals surface area contributed by atoms with E-state index < -0.39 is 65.0 Å². The fraction of sp³-hybridized carbons (Fsp3) is 0.455. The lowest BCUT2D eigenvalue weighted by Gasteiger charge is -2.30. The molecule has 5 N–H and O–H groups in total. The number of methoxy groups -OCH3 is 1. The van der Waals surface area contributed by atoms with Crippen LogP contribution >= 0.6 is 0 Å². The molecule has 374 valence electrons. The van der Waals surface area contributed by atoms with Gasteiger partial charge in [-0.1, -0.05) is 12.2 Å². The molecule has 24 heteroatoms.